The minimum Gasteiger partial charge on any atom is -0.484 e. The lowest BCUT2D eigenvalue weighted by Crippen LogP contribution is -2.30. The van der Waals surface area contributed by atoms with Crippen LogP contribution < -0.4 is 10.1 Å². The number of para-hydroxylation sites is 1. The van der Waals surface area contributed by atoms with Crippen LogP contribution in [0.3, 0.4) is 0 Å². The summed E-state index contributed by atoms with van der Waals surface area (Å²) in [6.07, 6.45) is 3.78. The molecule has 0 unspecified atom stereocenters. The lowest BCUT2D eigenvalue weighted by Gasteiger charge is -2.14. The van der Waals surface area contributed by atoms with Crippen molar-refractivity contribution in [3.8, 4) is 5.75 Å². The van der Waals surface area contributed by atoms with Crippen molar-refractivity contribution in [3.05, 3.63) is 94.9 Å². The van der Waals surface area contributed by atoms with Crippen molar-refractivity contribution >= 4 is 46.2 Å². The van der Waals surface area contributed by atoms with E-state index in [4.69, 9.17) is 9.73 Å². The summed E-state index contributed by atoms with van der Waals surface area (Å²) in [6.45, 7) is 4.70. The van der Waals surface area contributed by atoms with Gasteiger partial charge in [-0.2, -0.15) is 0 Å². The second-order valence-corrected chi connectivity index (χ2v) is 9.43. The molecule has 1 fully saturated rings. The van der Waals surface area contributed by atoms with Crippen LogP contribution in [0.25, 0.3) is 6.08 Å². The van der Waals surface area contributed by atoms with Gasteiger partial charge < -0.3 is 10.1 Å². The fourth-order valence-corrected chi connectivity index (χ4v) is 4.54. The molecule has 4 rings (SSSR count). The number of unbranched alkanes of at least 4 members (excludes halogenated alkanes) is 1. The molecule has 0 saturated carbocycles. The van der Waals surface area contributed by atoms with Gasteiger partial charge in [0.1, 0.15) is 5.75 Å². The van der Waals surface area contributed by atoms with Gasteiger partial charge in [-0.1, -0.05) is 61.4 Å². The van der Waals surface area contributed by atoms with E-state index in [1.807, 2.05) is 79.7 Å². The number of carbonyl (C=O) groups excluding carboxylic acids is 2. The SMILES string of the molecule is CCCCN1C(=O)/C(=C\c2ccc(OCC(=O)Nc3ccccc3)cc2)SC1=Nc1ccc(C)cc1. The molecule has 7 heteroatoms. The molecule has 36 heavy (non-hydrogen) atoms. The molecule has 1 aliphatic rings. The van der Waals surface area contributed by atoms with E-state index in [1.165, 1.54) is 17.3 Å². The Morgan fingerprint density at radius 2 is 1.75 bits per heavy atom. The molecule has 1 heterocycles. The first-order valence-electron chi connectivity index (χ1n) is 12.0. The van der Waals surface area contributed by atoms with Crippen molar-refractivity contribution in [1.29, 1.82) is 0 Å². The Bertz CT molecular complexity index is 1250. The van der Waals surface area contributed by atoms with Crippen LogP contribution in [0.1, 0.15) is 30.9 Å². The highest BCUT2D eigenvalue weighted by Gasteiger charge is 2.32. The number of ether oxygens (including phenoxy) is 1. The number of amides is 2. The van der Waals surface area contributed by atoms with E-state index >= 15 is 0 Å². The third kappa shape index (κ3) is 6.86. The second-order valence-electron chi connectivity index (χ2n) is 8.42. The molecule has 1 saturated heterocycles. The highest BCUT2D eigenvalue weighted by Crippen LogP contribution is 2.34. The molecule has 0 aromatic heterocycles. The summed E-state index contributed by atoms with van der Waals surface area (Å²) in [7, 11) is 0. The molecule has 2 amide bonds. The van der Waals surface area contributed by atoms with Crippen molar-refractivity contribution in [2.75, 3.05) is 18.5 Å². The van der Waals surface area contributed by atoms with Gasteiger partial charge in [0.05, 0.1) is 10.6 Å². The molecule has 0 atom stereocenters. The molecule has 0 bridgehead atoms. The first kappa shape index (κ1) is 25.3. The topological polar surface area (TPSA) is 71.0 Å². The maximum absolute atomic E-state index is 13.2. The first-order chi connectivity index (χ1) is 17.5. The van der Waals surface area contributed by atoms with E-state index in [9.17, 15) is 9.59 Å². The quantitative estimate of drug-likeness (QED) is 0.345. The standard InChI is InChI=1S/C29H29N3O3S/c1-3-4-18-32-28(34)26(36-29(32)31-24-14-10-21(2)11-15-24)19-22-12-16-25(17-13-22)35-20-27(33)30-23-8-6-5-7-9-23/h5-17,19H,3-4,18,20H2,1-2H3,(H,30,33)/b26-19+,31-29?. The Labute approximate surface area is 216 Å². The highest BCUT2D eigenvalue weighted by molar-refractivity contribution is 8.18. The molecular formula is C29H29N3O3S. The van der Waals surface area contributed by atoms with Gasteiger partial charge >= 0.3 is 0 Å². The largest absolute Gasteiger partial charge is 0.484 e. The number of aliphatic imine (C=N–C) groups is 1. The van der Waals surface area contributed by atoms with Crippen molar-refractivity contribution in [2.24, 2.45) is 4.99 Å². The zero-order chi connectivity index (χ0) is 25.3. The minimum atomic E-state index is -0.229. The third-order valence-corrected chi connectivity index (χ3v) is 6.49. The smallest absolute Gasteiger partial charge is 0.266 e. The van der Waals surface area contributed by atoms with Gasteiger partial charge in [0, 0.05) is 12.2 Å². The van der Waals surface area contributed by atoms with Crippen LogP contribution in [0, 0.1) is 6.92 Å². The van der Waals surface area contributed by atoms with Crippen molar-refractivity contribution in [2.45, 2.75) is 26.7 Å². The van der Waals surface area contributed by atoms with Crippen LogP contribution >= 0.6 is 11.8 Å². The number of anilines is 1. The number of hydrogen-bond acceptors (Lipinski definition) is 5. The number of nitrogens with zero attached hydrogens (tertiary/aromatic N) is 2. The van der Waals surface area contributed by atoms with E-state index in [0.717, 1.165) is 29.8 Å². The minimum absolute atomic E-state index is 0.0304. The number of nitrogens with one attached hydrogen (secondary N) is 1. The van der Waals surface area contributed by atoms with Gasteiger partial charge in [0.25, 0.3) is 11.8 Å². The van der Waals surface area contributed by atoms with E-state index in [1.54, 1.807) is 17.0 Å². The fraction of sp³-hybridized carbons (Fsp3) is 0.207. The van der Waals surface area contributed by atoms with Crippen LogP contribution in [-0.4, -0.2) is 35.0 Å². The summed E-state index contributed by atoms with van der Waals surface area (Å²) in [4.78, 5) is 32.4. The lowest BCUT2D eigenvalue weighted by molar-refractivity contribution is -0.122. The molecule has 184 valence electrons. The number of carbonyl (C=O) groups is 2. The Morgan fingerprint density at radius 3 is 2.44 bits per heavy atom. The molecule has 3 aromatic carbocycles. The van der Waals surface area contributed by atoms with Crippen LogP contribution in [0.2, 0.25) is 0 Å². The summed E-state index contributed by atoms with van der Waals surface area (Å²) in [5.41, 5.74) is 3.60. The average Bonchev–Trinajstić information content (AvgIpc) is 3.17. The summed E-state index contributed by atoms with van der Waals surface area (Å²) in [5.74, 6) is 0.321. The van der Waals surface area contributed by atoms with Gasteiger partial charge in [-0.15, -0.1) is 0 Å². The number of benzene rings is 3. The van der Waals surface area contributed by atoms with Gasteiger partial charge in [-0.3, -0.25) is 14.5 Å². The predicted octanol–water partition coefficient (Wildman–Crippen LogP) is 6.42. The van der Waals surface area contributed by atoms with Crippen molar-refractivity contribution < 1.29 is 14.3 Å². The summed E-state index contributed by atoms with van der Waals surface area (Å²) < 4.78 is 5.61. The van der Waals surface area contributed by atoms with Crippen molar-refractivity contribution in [1.82, 2.24) is 4.90 Å². The number of rotatable bonds is 9. The Hall–Kier alpha value is -3.84. The fourth-order valence-electron chi connectivity index (χ4n) is 3.51. The van der Waals surface area contributed by atoms with Crippen LogP contribution in [-0.2, 0) is 9.59 Å². The molecule has 1 N–H and O–H groups in total. The molecule has 3 aromatic rings. The van der Waals surface area contributed by atoms with Crippen LogP contribution in [0.15, 0.2) is 88.8 Å². The maximum Gasteiger partial charge on any atom is 0.266 e. The second kappa shape index (κ2) is 12.2. The third-order valence-electron chi connectivity index (χ3n) is 5.49. The monoisotopic (exact) mass is 499 g/mol. The van der Waals surface area contributed by atoms with Gasteiger partial charge in [0.15, 0.2) is 11.8 Å². The number of thioether (sulfide) groups is 1. The molecule has 6 nitrogen and oxygen atoms in total. The first-order valence-corrected chi connectivity index (χ1v) is 12.8. The molecular weight excluding hydrogens is 470 g/mol. The Kier molecular flexibility index (Phi) is 8.57. The molecule has 0 radical (unpaired) electrons. The lowest BCUT2D eigenvalue weighted by atomic mass is 10.2. The van der Waals surface area contributed by atoms with E-state index < -0.39 is 0 Å². The van der Waals surface area contributed by atoms with Crippen LogP contribution in [0.4, 0.5) is 11.4 Å². The summed E-state index contributed by atoms with van der Waals surface area (Å²) in [6, 6.07) is 24.5. The van der Waals surface area contributed by atoms with Crippen molar-refractivity contribution in [3.63, 3.8) is 0 Å². The zero-order valence-electron chi connectivity index (χ0n) is 20.4. The Balaban J connectivity index is 1.42. The highest BCUT2D eigenvalue weighted by atomic mass is 32.2. The predicted molar refractivity (Wildman–Crippen MR) is 147 cm³/mol. The molecule has 0 spiro atoms. The average molecular weight is 500 g/mol. The van der Waals surface area contributed by atoms with E-state index in [0.29, 0.717) is 22.4 Å². The maximum atomic E-state index is 13.2. The molecule has 1 aliphatic heterocycles. The number of hydrogen-bond donors (Lipinski definition) is 1. The van der Waals surface area contributed by atoms with E-state index in [2.05, 4.69) is 12.2 Å². The number of aryl methyl sites for hydroxylation is 1. The van der Waals surface area contributed by atoms with Gasteiger partial charge in [-0.25, -0.2) is 4.99 Å². The van der Waals surface area contributed by atoms with Gasteiger partial charge in [0.2, 0.25) is 0 Å². The summed E-state index contributed by atoms with van der Waals surface area (Å²) in [5, 5.41) is 3.49. The number of amidine groups is 1. The summed E-state index contributed by atoms with van der Waals surface area (Å²) >= 11 is 1.39. The Morgan fingerprint density at radius 1 is 1.03 bits per heavy atom. The van der Waals surface area contributed by atoms with Crippen LogP contribution in [0.5, 0.6) is 5.75 Å². The van der Waals surface area contributed by atoms with Gasteiger partial charge in [-0.05, 0) is 73.1 Å². The molecule has 0 aliphatic carbocycles. The zero-order valence-corrected chi connectivity index (χ0v) is 21.3. The normalized spacial score (nSPS) is 15.5. The van der Waals surface area contributed by atoms with E-state index in [-0.39, 0.29) is 18.4 Å².